The van der Waals surface area contributed by atoms with Gasteiger partial charge in [-0.05, 0) is 37.2 Å². The largest absolute Gasteiger partial charge is 0.465 e. The number of nitrogens with zero attached hydrogens (tertiary/aromatic N) is 4. The number of likely N-dealkylation sites (tertiary alicyclic amines) is 1. The van der Waals surface area contributed by atoms with Gasteiger partial charge in [-0.2, -0.15) is 0 Å². The lowest BCUT2D eigenvalue weighted by Gasteiger charge is -2.32. The third-order valence-corrected chi connectivity index (χ3v) is 6.58. The molecule has 3 aliphatic heterocycles. The fourth-order valence-corrected chi connectivity index (χ4v) is 5.33. The Kier molecular flexibility index (Phi) is 3.91. The number of carbonyl (C=O) groups is 2. The molecule has 0 aliphatic carbocycles. The second-order valence-electron chi connectivity index (χ2n) is 8.33. The SMILES string of the molecule is CC1CN(O)C(=O)C1N(C(=O)O)c1ccc2c(c1)[C@]1(C)CCN(C)[C@@H]1N2C. The number of amides is 2. The number of carboxylic acid groups (broad SMARTS) is 1. The summed E-state index contributed by atoms with van der Waals surface area (Å²) >= 11 is 0. The standard InChI is InChI=1S/C19H26N4O4/c1-11-10-22(27)16(24)15(11)23(18(25)26)12-5-6-14-13(9-12)19(2)7-8-20(3)17(19)21(14)4/h5-6,9,11,15,17,27H,7-8,10H2,1-4H3,(H,25,26)/t11?,15?,17-,19+/m1/s1. The van der Waals surface area contributed by atoms with Crippen LogP contribution in [0.1, 0.15) is 25.8 Å². The normalized spacial score (nSPS) is 32.8. The highest BCUT2D eigenvalue weighted by molar-refractivity contribution is 5.98. The van der Waals surface area contributed by atoms with Gasteiger partial charge in [0.1, 0.15) is 6.04 Å². The predicted molar refractivity (Wildman–Crippen MR) is 100 cm³/mol. The number of fused-ring (bicyclic) bond motifs is 3. The zero-order chi connectivity index (χ0) is 19.7. The molecule has 3 heterocycles. The highest BCUT2D eigenvalue weighted by Crippen LogP contribution is 2.52. The maximum absolute atomic E-state index is 12.4. The molecule has 8 heteroatoms. The van der Waals surface area contributed by atoms with Crippen molar-refractivity contribution in [2.75, 3.05) is 37.0 Å². The van der Waals surface area contributed by atoms with E-state index in [1.54, 1.807) is 13.0 Å². The second kappa shape index (κ2) is 5.84. The van der Waals surface area contributed by atoms with Gasteiger partial charge in [0.2, 0.25) is 0 Å². The summed E-state index contributed by atoms with van der Waals surface area (Å²) in [7, 11) is 4.18. The number of anilines is 2. The molecule has 1 aromatic carbocycles. The molecule has 0 aromatic heterocycles. The van der Waals surface area contributed by atoms with Crippen LogP contribution in [-0.2, 0) is 10.2 Å². The molecule has 0 saturated carbocycles. The summed E-state index contributed by atoms with van der Waals surface area (Å²) in [6.45, 7) is 5.11. The number of hydrogen-bond acceptors (Lipinski definition) is 5. The van der Waals surface area contributed by atoms with Crippen LogP contribution in [0.2, 0.25) is 0 Å². The van der Waals surface area contributed by atoms with E-state index in [2.05, 4.69) is 30.8 Å². The topological polar surface area (TPSA) is 87.6 Å². The molecule has 1 aromatic rings. The summed E-state index contributed by atoms with van der Waals surface area (Å²) in [5.41, 5.74) is 2.60. The van der Waals surface area contributed by atoms with Crippen molar-refractivity contribution >= 4 is 23.4 Å². The third-order valence-electron chi connectivity index (χ3n) is 6.58. The van der Waals surface area contributed by atoms with Gasteiger partial charge in [0.05, 0.1) is 12.7 Å². The number of hydroxylamine groups is 2. The van der Waals surface area contributed by atoms with Gasteiger partial charge < -0.3 is 10.0 Å². The first-order valence-electron chi connectivity index (χ1n) is 9.27. The van der Waals surface area contributed by atoms with E-state index in [4.69, 9.17) is 0 Å². The van der Waals surface area contributed by atoms with Gasteiger partial charge in [-0.25, -0.2) is 9.86 Å². The molecule has 27 heavy (non-hydrogen) atoms. The Morgan fingerprint density at radius 2 is 2.04 bits per heavy atom. The summed E-state index contributed by atoms with van der Waals surface area (Å²) in [6.07, 6.45) is 0.0404. The number of likely N-dealkylation sites (N-methyl/N-ethyl adjacent to an activating group) is 2. The molecular formula is C19H26N4O4. The van der Waals surface area contributed by atoms with Crippen LogP contribution >= 0.6 is 0 Å². The molecule has 2 unspecified atom stereocenters. The van der Waals surface area contributed by atoms with E-state index in [0.717, 1.165) is 29.1 Å². The molecular weight excluding hydrogens is 348 g/mol. The summed E-state index contributed by atoms with van der Waals surface area (Å²) in [5.74, 6) is -0.873. The number of hydrogen-bond donors (Lipinski definition) is 2. The molecule has 0 bridgehead atoms. The van der Waals surface area contributed by atoms with Crippen LogP contribution in [0.3, 0.4) is 0 Å². The Labute approximate surface area is 158 Å². The van der Waals surface area contributed by atoms with E-state index in [9.17, 15) is 19.9 Å². The minimum absolute atomic E-state index is 0.0899. The van der Waals surface area contributed by atoms with Gasteiger partial charge in [0.25, 0.3) is 5.91 Å². The molecule has 3 aliphatic rings. The molecule has 2 amide bonds. The first kappa shape index (κ1) is 18.1. The summed E-state index contributed by atoms with van der Waals surface area (Å²) in [4.78, 5) is 30.1. The molecule has 2 N–H and O–H groups in total. The van der Waals surface area contributed by atoms with Crippen molar-refractivity contribution in [1.82, 2.24) is 9.96 Å². The minimum atomic E-state index is -1.19. The van der Waals surface area contributed by atoms with Gasteiger partial charge >= 0.3 is 6.09 Å². The van der Waals surface area contributed by atoms with E-state index in [0.29, 0.717) is 10.8 Å². The Morgan fingerprint density at radius 1 is 1.33 bits per heavy atom. The van der Waals surface area contributed by atoms with Gasteiger partial charge in [-0.1, -0.05) is 13.8 Å². The van der Waals surface area contributed by atoms with Gasteiger partial charge in [-0.3, -0.25) is 19.8 Å². The van der Waals surface area contributed by atoms with E-state index < -0.39 is 18.0 Å². The highest BCUT2D eigenvalue weighted by atomic mass is 16.5. The predicted octanol–water partition coefficient (Wildman–Crippen LogP) is 1.78. The Hall–Kier alpha value is -2.32. The number of benzene rings is 1. The molecule has 2 fully saturated rings. The molecule has 4 rings (SSSR count). The van der Waals surface area contributed by atoms with Crippen LogP contribution in [0, 0.1) is 5.92 Å². The molecule has 4 atom stereocenters. The van der Waals surface area contributed by atoms with E-state index in [-0.39, 0.29) is 24.0 Å². The zero-order valence-corrected chi connectivity index (χ0v) is 16.1. The Morgan fingerprint density at radius 3 is 2.63 bits per heavy atom. The first-order chi connectivity index (χ1) is 12.7. The van der Waals surface area contributed by atoms with Crippen LogP contribution in [0.15, 0.2) is 18.2 Å². The fraction of sp³-hybridized carbons (Fsp3) is 0.579. The van der Waals surface area contributed by atoms with Crippen molar-refractivity contribution in [2.45, 2.75) is 37.9 Å². The van der Waals surface area contributed by atoms with Crippen molar-refractivity contribution in [3.05, 3.63) is 23.8 Å². The average Bonchev–Trinajstić information content (AvgIpc) is 3.13. The van der Waals surface area contributed by atoms with Crippen molar-refractivity contribution in [3.8, 4) is 0 Å². The first-order valence-corrected chi connectivity index (χ1v) is 9.27. The highest BCUT2D eigenvalue weighted by Gasteiger charge is 2.52. The van der Waals surface area contributed by atoms with E-state index in [1.165, 1.54) is 0 Å². The van der Waals surface area contributed by atoms with Crippen LogP contribution < -0.4 is 9.80 Å². The third kappa shape index (κ3) is 2.36. The summed E-state index contributed by atoms with van der Waals surface area (Å²) < 4.78 is 0. The van der Waals surface area contributed by atoms with Crippen molar-refractivity contribution < 1.29 is 19.9 Å². The zero-order valence-electron chi connectivity index (χ0n) is 16.1. The average molecular weight is 374 g/mol. The van der Waals surface area contributed by atoms with E-state index in [1.807, 2.05) is 12.1 Å². The second-order valence-corrected chi connectivity index (χ2v) is 8.33. The molecule has 8 nitrogen and oxygen atoms in total. The van der Waals surface area contributed by atoms with Crippen molar-refractivity contribution in [3.63, 3.8) is 0 Å². The quantitative estimate of drug-likeness (QED) is 0.768. The van der Waals surface area contributed by atoms with Crippen LogP contribution in [-0.4, -0.2) is 71.7 Å². The lowest BCUT2D eigenvalue weighted by molar-refractivity contribution is -0.158. The van der Waals surface area contributed by atoms with Gasteiger partial charge in [0, 0.05) is 36.3 Å². The fourth-order valence-electron chi connectivity index (χ4n) is 5.33. The maximum atomic E-state index is 12.4. The van der Waals surface area contributed by atoms with Gasteiger partial charge in [-0.15, -0.1) is 0 Å². The van der Waals surface area contributed by atoms with Gasteiger partial charge in [0.15, 0.2) is 0 Å². The van der Waals surface area contributed by atoms with Crippen molar-refractivity contribution in [1.29, 1.82) is 0 Å². The molecule has 2 saturated heterocycles. The van der Waals surface area contributed by atoms with Crippen LogP contribution in [0.4, 0.5) is 16.2 Å². The van der Waals surface area contributed by atoms with E-state index >= 15 is 0 Å². The maximum Gasteiger partial charge on any atom is 0.412 e. The van der Waals surface area contributed by atoms with Crippen molar-refractivity contribution in [2.24, 2.45) is 5.92 Å². The van der Waals surface area contributed by atoms with Crippen LogP contribution in [0.5, 0.6) is 0 Å². The molecule has 146 valence electrons. The number of carbonyl (C=O) groups excluding carboxylic acids is 1. The smallest absolute Gasteiger partial charge is 0.412 e. The summed E-state index contributed by atoms with van der Waals surface area (Å²) in [5, 5.41) is 20.2. The Balaban J connectivity index is 1.79. The molecule has 0 spiro atoms. The Bertz CT molecular complexity index is 815. The van der Waals surface area contributed by atoms with Crippen LogP contribution in [0.25, 0.3) is 0 Å². The monoisotopic (exact) mass is 374 g/mol. The minimum Gasteiger partial charge on any atom is -0.465 e. The molecule has 0 radical (unpaired) electrons. The number of rotatable bonds is 2. The lowest BCUT2D eigenvalue weighted by atomic mass is 9.81. The lowest BCUT2D eigenvalue weighted by Crippen LogP contribution is -2.47. The summed E-state index contributed by atoms with van der Waals surface area (Å²) in [6, 6.07) is 4.70.